The second kappa shape index (κ2) is 6.73. The molecule has 3 N–H and O–H groups in total. The van der Waals surface area contributed by atoms with E-state index >= 15 is 0 Å². The van der Waals surface area contributed by atoms with Gasteiger partial charge in [0.05, 0.1) is 23.6 Å². The van der Waals surface area contributed by atoms with Gasteiger partial charge in [0.2, 0.25) is 0 Å². The molecule has 5 heteroatoms. The molecule has 128 valence electrons. The fraction of sp³-hybridized carbons (Fsp3) is 0.150. The number of phenols is 1. The van der Waals surface area contributed by atoms with Gasteiger partial charge in [0.25, 0.3) is 0 Å². The molecule has 5 nitrogen and oxygen atoms in total. The Morgan fingerprint density at radius 3 is 2.52 bits per heavy atom. The van der Waals surface area contributed by atoms with Gasteiger partial charge in [-0.3, -0.25) is 0 Å². The summed E-state index contributed by atoms with van der Waals surface area (Å²) in [5, 5.41) is 9.69. The van der Waals surface area contributed by atoms with Crippen LogP contribution < -0.4 is 5.73 Å². The number of carbonyl (C=O) groups is 1. The standard InChI is InChI=1S/C20H20N2O3/c1-3-25-20(24)16-12-18(14-9-10-19(23)17(21)11-14)22(13(16)2)15-7-5-4-6-8-15/h4-12,23H,3,21H2,1-2H3. The summed E-state index contributed by atoms with van der Waals surface area (Å²) in [6.07, 6.45) is 0. The number of esters is 1. The van der Waals surface area contributed by atoms with Crippen molar-refractivity contribution in [3.05, 3.63) is 65.9 Å². The number of para-hydroxylation sites is 1. The molecule has 0 fully saturated rings. The molecule has 0 spiro atoms. The van der Waals surface area contributed by atoms with Crippen molar-refractivity contribution >= 4 is 11.7 Å². The first-order chi connectivity index (χ1) is 12.0. The molecule has 0 radical (unpaired) electrons. The molecule has 0 unspecified atom stereocenters. The van der Waals surface area contributed by atoms with Crippen molar-refractivity contribution in [3.63, 3.8) is 0 Å². The molecule has 3 rings (SSSR count). The average molecular weight is 336 g/mol. The summed E-state index contributed by atoms with van der Waals surface area (Å²) in [6.45, 7) is 3.98. The minimum atomic E-state index is -0.359. The first kappa shape index (κ1) is 16.6. The van der Waals surface area contributed by atoms with Crippen LogP contribution in [0.5, 0.6) is 5.75 Å². The first-order valence-corrected chi connectivity index (χ1v) is 8.06. The van der Waals surface area contributed by atoms with Crippen molar-refractivity contribution < 1.29 is 14.6 Å². The van der Waals surface area contributed by atoms with Crippen LogP contribution in [0.1, 0.15) is 23.0 Å². The Bertz CT molecular complexity index is 914. The van der Waals surface area contributed by atoms with Crippen LogP contribution in [0, 0.1) is 6.92 Å². The summed E-state index contributed by atoms with van der Waals surface area (Å²) in [4.78, 5) is 12.3. The Balaban J connectivity index is 2.24. The van der Waals surface area contributed by atoms with Gasteiger partial charge in [-0.1, -0.05) is 18.2 Å². The number of ether oxygens (including phenoxy) is 1. The number of anilines is 1. The fourth-order valence-corrected chi connectivity index (χ4v) is 2.86. The maximum Gasteiger partial charge on any atom is 0.339 e. The lowest BCUT2D eigenvalue weighted by molar-refractivity contribution is 0.0525. The Morgan fingerprint density at radius 1 is 1.16 bits per heavy atom. The highest BCUT2D eigenvalue weighted by atomic mass is 16.5. The van der Waals surface area contributed by atoms with Crippen molar-refractivity contribution in [1.82, 2.24) is 4.57 Å². The zero-order valence-corrected chi connectivity index (χ0v) is 14.2. The molecular formula is C20H20N2O3. The highest BCUT2D eigenvalue weighted by Crippen LogP contribution is 2.33. The van der Waals surface area contributed by atoms with E-state index in [2.05, 4.69) is 0 Å². The molecule has 0 amide bonds. The number of nitrogens with two attached hydrogens (primary N) is 1. The van der Waals surface area contributed by atoms with E-state index in [1.165, 1.54) is 0 Å². The third-order valence-electron chi connectivity index (χ3n) is 4.08. The Morgan fingerprint density at radius 2 is 1.88 bits per heavy atom. The molecule has 0 saturated heterocycles. The number of aromatic hydroxyl groups is 1. The SMILES string of the molecule is CCOC(=O)c1cc(-c2ccc(O)c(N)c2)n(-c2ccccc2)c1C. The second-order valence-corrected chi connectivity index (χ2v) is 5.69. The van der Waals surface area contributed by atoms with Crippen LogP contribution in [-0.4, -0.2) is 22.2 Å². The number of nitrogens with zero attached hydrogens (tertiary/aromatic N) is 1. The first-order valence-electron chi connectivity index (χ1n) is 8.06. The summed E-state index contributed by atoms with van der Waals surface area (Å²) >= 11 is 0. The number of aromatic nitrogens is 1. The van der Waals surface area contributed by atoms with Crippen LogP contribution >= 0.6 is 0 Å². The normalized spacial score (nSPS) is 10.6. The van der Waals surface area contributed by atoms with Crippen molar-refractivity contribution in [2.75, 3.05) is 12.3 Å². The third-order valence-corrected chi connectivity index (χ3v) is 4.08. The summed E-state index contributed by atoms with van der Waals surface area (Å²) in [7, 11) is 0. The number of hydrogen-bond acceptors (Lipinski definition) is 4. The monoisotopic (exact) mass is 336 g/mol. The van der Waals surface area contributed by atoms with E-state index in [1.54, 1.807) is 31.2 Å². The molecule has 1 heterocycles. The van der Waals surface area contributed by atoms with E-state index < -0.39 is 0 Å². The van der Waals surface area contributed by atoms with Crippen LogP contribution in [0.25, 0.3) is 16.9 Å². The smallest absolute Gasteiger partial charge is 0.339 e. The summed E-state index contributed by atoms with van der Waals surface area (Å²) in [5.41, 5.74) is 9.96. The number of phenolic OH excluding ortho intramolecular Hbond substituents is 1. The zero-order valence-electron chi connectivity index (χ0n) is 14.2. The minimum Gasteiger partial charge on any atom is -0.506 e. The molecule has 2 aromatic carbocycles. The Hall–Kier alpha value is -3.21. The van der Waals surface area contributed by atoms with E-state index in [0.717, 1.165) is 22.6 Å². The molecule has 0 aliphatic heterocycles. The predicted octanol–water partition coefficient (Wildman–Crippen LogP) is 3.92. The van der Waals surface area contributed by atoms with Gasteiger partial charge in [-0.15, -0.1) is 0 Å². The maximum atomic E-state index is 12.3. The van der Waals surface area contributed by atoms with Gasteiger partial charge in [-0.2, -0.15) is 0 Å². The summed E-state index contributed by atoms with van der Waals surface area (Å²) in [5.74, 6) is -0.327. The Kier molecular flexibility index (Phi) is 4.48. The van der Waals surface area contributed by atoms with Crippen molar-refractivity contribution in [3.8, 4) is 22.7 Å². The van der Waals surface area contributed by atoms with Gasteiger partial charge in [-0.25, -0.2) is 4.79 Å². The van der Waals surface area contributed by atoms with Gasteiger partial charge >= 0.3 is 5.97 Å². The van der Waals surface area contributed by atoms with E-state index in [1.807, 2.05) is 41.8 Å². The molecule has 3 aromatic rings. The topological polar surface area (TPSA) is 77.5 Å². The number of nitrogen functional groups attached to an aromatic ring is 1. The van der Waals surface area contributed by atoms with E-state index in [9.17, 15) is 9.90 Å². The lowest BCUT2D eigenvalue weighted by Gasteiger charge is -2.13. The molecule has 0 aliphatic rings. The largest absolute Gasteiger partial charge is 0.506 e. The number of hydrogen-bond donors (Lipinski definition) is 2. The predicted molar refractivity (Wildman–Crippen MR) is 98.0 cm³/mol. The molecule has 0 saturated carbocycles. The average Bonchev–Trinajstić information content (AvgIpc) is 2.96. The number of carbonyl (C=O) groups excluding carboxylic acids is 1. The molecule has 1 aromatic heterocycles. The summed E-state index contributed by atoms with van der Waals surface area (Å²) < 4.78 is 7.16. The summed E-state index contributed by atoms with van der Waals surface area (Å²) in [6, 6.07) is 16.6. The van der Waals surface area contributed by atoms with Crippen molar-refractivity contribution in [2.24, 2.45) is 0 Å². The molecule has 0 bridgehead atoms. The van der Waals surface area contributed by atoms with Crippen LogP contribution in [0.4, 0.5) is 5.69 Å². The van der Waals surface area contributed by atoms with Crippen LogP contribution in [0.3, 0.4) is 0 Å². The highest BCUT2D eigenvalue weighted by Gasteiger charge is 2.20. The van der Waals surface area contributed by atoms with Crippen LogP contribution in [-0.2, 0) is 4.74 Å². The third kappa shape index (κ3) is 3.08. The second-order valence-electron chi connectivity index (χ2n) is 5.69. The molecule has 25 heavy (non-hydrogen) atoms. The van der Waals surface area contributed by atoms with E-state index in [-0.39, 0.29) is 17.4 Å². The van der Waals surface area contributed by atoms with Gasteiger partial charge in [-0.05, 0) is 50.2 Å². The number of rotatable bonds is 4. The molecule has 0 aliphatic carbocycles. The van der Waals surface area contributed by atoms with Crippen molar-refractivity contribution in [1.29, 1.82) is 0 Å². The quantitative estimate of drug-likeness (QED) is 0.430. The van der Waals surface area contributed by atoms with Crippen molar-refractivity contribution in [2.45, 2.75) is 13.8 Å². The van der Waals surface area contributed by atoms with Gasteiger partial charge in [0, 0.05) is 16.9 Å². The van der Waals surface area contributed by atoms with Gasteiger partial charge < -0.3 is 20.1 Å². The van der Waals surface area contributed by atoms with E-state index in [0.29, 0.717) is 12.2 Å². The number of benzene rings is 2. The molecular weight excluding hydrogens is 316 g/mol. The molecule has 0 atom stereocenters. The van der Waals surface area contributed by atoms with Crippen LogP contribution in [0.2, 0.25) is 0 Å². The fourth-order valence-electron chi connectivity index (χ4n) is 2.86. The minimum absolute atomic E-state index is 0.0314. The van der Waals surface area contributed by atoms with E-state index in [4.69, 9.17) is 10.5 Å². The zero-order chi connectivity index (χ0) is 18.0. The Labute approximate surface area is 146 Å². The lowest BCUT2D eigenvalue weighted by Crippen LogP contribution is -2.06. The van der Waals surface area contributed by atoms with Gasteiger partial charge in [0.1, 0.15) is 5.75 Å². The highest BCUT2D eigenvalue weighted by molar-refractivity contribution is 5.93. The van der Waals surface area contributed by atoms with Gasteiger partial charge in [0.15, 0.2) is 0 Å². The lowest BCUT2D eigenvalue weighted by atomic mass is 10.1. The van der Waals surface area contributed by atoms with Crippen LogP contribution in [0.15, 0.2) is 54.6 Å². The maximum absolute atomic E-state index is 12.3.